The fourth-order valence-electron chi connectivity index (χ4n) is 4.39. The van der Waals surface area contributed by atoms with Gasteiger partial charge in [0.1, 0.15) is 0 Å². The van der Waals surface area contributed by atoms with Crippen LogP contribution in [-0.4, -0.2) is 71.8 Å². The molecule has 11 nitrogen and oxygen atoms in total. The monoisotopic (exact) mass is 508 g/mol. The van der Waals surface area contributed by atoms with Gasteiger partial charge in [-0.25, -0.2) is 4.98 Å². The van der Waals surface area contributed by atoms with Crippen LogP contribution in [0.15, 0.2) is 42.5 Å². The maximum atomic E-state index is 12.6. The SMILES string of the molecule is O=C(NCCN1CCN(c2nc3ccc([N+](=O)[O-])cc3s2)CC1)c1cccc(N2C(=O)CCC2=O)c1. The molecule has 0 radical (unpaired) electrons. The number of nitro benzene ring substituents is 1. The van der Waals surface area contributed by atoms with Gasteiger partial charge in [0.25, 0.3) is 11.6 Å². The normalized spacial score (nSPS) is 16.7. The lowest BCUT2D eigenvalue weighted by Crippen LogP contribution is -2.48. The first-order valence-corrected chi connectivity index (χ1v) is 12.5. The Morgan fingerprint density at radius 1 is 1.06 bits per heavy atom. The van der Waals surface area contributed by atoms with Crippen molar-refractivity contribution in [1.82, 2.24) is 15.2 Å². The molecule has 2 fully saturated rings. The van der Waals surface area contributed by atoms with Gasteiger partial charge in [0.2, 0.25) is 11.8 Å². The van der Waals surface area contributed by atoms with Crippen molar-refractivity contribution in [3.05, 3.63) is 58.1 Å². The van der Waals surface area contributed by atoms with E-state index in [-0.39, 0.29) is 36.3 Å². The highest BCUT2D eigenvalue weighted by Gasteiger charge is 2.30. The van der Waals surface area contributed by atoms with Crippen molar-refractivity contribution in [3.8, 4) is 0 Å². The smallest absolute Gasteiger partial charge is 0.270 e. The number of hydrogen-bond donors (Lipinski definition) is 1. The second-order valence-electron chi connectivity index (χ2n) is 8.66. The number of nitro groups is 1. The van der Waals surface area contributed by atoms with Gasteiger partial charge >= 0.3 is 0 Å². The first-order valence-electron chi connectivity index (χ1n) is 11.7. The predicted molar refractivity (Wildman–Crippen MR) is 135 cm³/mol. The fourth-order valence-corrected chi connectivity index (χ4v) is 5.44. The Bertz CT molecular complexity index is 1330. The van der Waals surface area contributed by atoms with Crippen LogP contribution in [0.3, 0.4) is 0 Å². The molecule has 36 heavy (non-hydrogen) atoms. The molecule has 0 atom stereocenters. The van der Waals surface area contributed by atoms with E-state index >= 15 is 0 Å². The lowest BCUT2D eigenvalue weighted by Gasteiger charge is -2.34. The zero-order valence-corrected chi connectivity index (χ0v) is 20.2. The summed E-state index contributed by atoms with van der Waals surface area (Å²) in [6, 6.07) is 11.3. The predicted octanol–water partition coefficient (Wildman–Crippen LogP) is 2.41. The molecule has 0 aliphatic carbocycles. The quantitative estimate of drug-likeness (QED) is 0.293. The highest BCUT2D eigenvalue weighted by atomic mass is 32.1. The van der Waals surface area contributed by atoms with Crippen LogP contribution >= 0.6 is 11.3 Å². The Balaban J connectivity index is 1.11. The molecule has 2 aliphatic heterocycles. The topological polar surface area (TPSA) is 129 Å². The Morgan fingerprint density at radius 3 is 2.53 bits per heavy atom. The first-order chi connectivity index (χ1) is 17.4. The number of anilines is 2. The van der Waals surface area contributed by atoms with E-state index in [0.29, 0.717) is 24.3 Å². The molecule has 2 saturated heterocycles. The number of imide groups is 1. The summed E-state index contributed by atoms with van der Waals surface area (Å²) < 4.78 is 0.798. The van der Waals surface area contributed by atoms with Gasteiger partial charge in [-0.2, -0.15) is 0 Å². The average Bonchev–Trinajstić information content (AvgIpc) is 3.46. The minimum atomic E-state index is -0.400. The van der Waals surface area contributed by atoms with Gasteiger partial charge in [0, 0.05) is 69.8 Å². The van der Waals surface area contributed by atoms with E-state index in [4.69, 9.17) is 0 Å². The second kappa shape index (κ2) is 9.99. The number of rotatable bonds is 7. The standard InChI is InChI=1S/C24H24N6O5S/c31-21-6-7-22(32)29(21)17-3-1-2-16(14-17)23(33)25-8-9-27-10-12-28(13-11-27)24-26-19-5-4-18(30(34)35)15-20(19)36-24/h1-5,14-15H,6-13H2,(H,25,33). The summed E-state index contributed by atoms with van der Waals surface area (Å²) in [5.41, 5.74) is 1.65. The van der Waals surface area contributed by atoms with Gasteiger partial charge in [-0.05, 0) is 24.3 Å². The molecule has 2 aromatic carbocycles. The van der Waals surface area contributed by atoms with Crippen molar-refractivity contribution in [2.45, 2.75) is 12.8 Å². The third-order valence-corrected chi connectivity index (χ3v) is 7.42. The van der Waals surface area contributed by atoms with Crippen molar-refractivity contribution in [3.63, 3.8) is 0 Å². The van der Waals surface area contributed by atoms with Crippen molar-refractivity contribution in [2.75, 3.05) is 49.1 Å². The number of thiazole rings is 1. The van der Waals surface area contributed by atoms with Gasteiger partial charge < -0.3 is 10.2 Å². The van der Waals surface area contributed by atoms with Crippen LogP contribution in [0.1, 0.15) is 23.2 Å². The maximum Gasteiger partial charge on any atom is 0.270 e. The van der Waals surface area contributed by atoms with Gasteiger partial charge in [-0.1, -0.05) is 17.4 Å². The third kappa shape index (κ3) is 4.90. The molecule has 3 amide bonds. The van der Waals surface area contributed by atoms with Crippen molar-refractivity contribution in [1.29, 1.82) is 0 Å². The minimum Gasteiger partial charge on any atom is -0.351 e. The number of hydrogen-bond acceptors (Lipinski definition) is 9. The van der Waals surface area contributed by atoms with Crippen molar-refractivity contribution >= 4 is 55.8 Å². The number of nitrogens with one attached hydrogen (secondary N) is 1. The van der Waals surface area contributed by atoms with E-state index in [1.807, 2.05) is 0 Å². The largest absolute Gasteiger partial charge is 0.351 e. The highest BCUT2D eigenvalue weighted by molar-refractivity contribution is 7.22. The molecular weight excluding hydrogens is 484 g/mol. The van der Waals surface area contributed by atoms with Crippen LogP contribution in [0.5, 0.6) is 0 Å². The summed E-state index contributed by atoms with van der Waals surface area (Å²) in [5.74, 6) is -0.745. The number of aromatic nitrogens is 1. The summed E-state index contributed by atoms with van der Waals surface area (Å²) in [7, 11) is 0. The molecule has 1 aromatic heterocycles. The van der Waals surface area contributed by atoms with Crippen LogP contribution in [0.25, 0.3) is 10.2 Å². The van der Waals surface area contributed by atoms with E-state index in [2.05, 4.69) is 20.1 Å². The molecule has 1 N–H and O–H groups in total. The van der Waals surface area contributed by atoms with Gasteiger partial charge in [-0.3, -0.25) is 34.3 Å². The Kier molecular flexibility index (Phi) is 6.61. The van der Waals surface area contributed by atoms with Gasteiger partial charge in [-0.15, -0.1) is 0 Å². The molecule has 3 aromatic rings. The maximum absolute atomic E-state index is 12.6. The Hall–Kier alpha value is -3.90. The van der Waals surface area contributed by atoms with E-state index < -0.39 is 4.92 Å². The van der Waals surface area contributed by atoms with E-state index in [1.54, 1.807) is 36.4 Å². The lowest BCUT2D eigenvalue weighted by molar-refractivity contribution is -0.384. The molecule has 186 valence electrons. The second-order valence-corrected chi connectivity index (χ2v) is 9.67. The zero-order chi connectivity index (χ0) is 25.2. The molecule has 2 aliphatic rings. The van der Waals surface area contributed by atoms with E-state index in [1.165, 1.54) is 17.4 Å². The molecular formula is C24H24N6O5S. The zero-order valence-electron chi connectivity index (χ0n) is 19.4. The van der Waals surface area contributed by atoms with E-state index in [9.17, 15) is 24.5 Å². The van der Waals surface area contributed by atoms with Gasteiger partial charge in [0.05, 0.1) is 20.8 Å². The summed E-state index contributed by atoms with van der Waals surface area (Å²) in [6.45, 7) is 4.32. The minimum absolute atomic E-state index is 0.0642. The number of piperazine rings is 1. The third-order valence-electron chi connectivity index (χ3n) is 6.35. The molecule has 0 unspecified atom stereocenters. The van der Waals surface area contributed by atoms with Crippen LogP contribution in [0.2, 0.25) is 0 Å². The first kappa shape index (κ1) is 23.8. The van der Waals surface area contributed by atoms with Gasteiger partial charge in [0.15, 0.2) is 5.13 Å². The molecule has 0 bridgehead atoms. The van der Waals surface area contributed by atoms with Crippen LogP contribution < -0.4 is 15.1 Å². The Morgan fingerprint density at radius 2 is 1.81 bits per heavy atom. The lowest BCUT2D eigenvalue weighted by atomic mass is 10.1. The summed E-state index contributed by atoms with van der Waals surface area (Å²) >= 11 is 1.46. The van der Waals surface area contributed by atoms with E-state index in [0.717, 1.165) is 46.4 Å². The van der Waals surface area contributed by atoms with Crippen LogP contribution in [-0.2, 0) is 9.59 Å². The number of carbonyl (C=O) groups is 3. The van der Waals surface area contributed by atoms with Crippen molar-refractivity contribution in [2.24, 2.45) is 0 Å². The molecule has 0 spiro atoms. The number of amides is 3. The number of nitrogens with zero attached hydrogens (tertiary/aromatic N) is 5. The molecule has 5 rings (SSSR count). The summed E-state index contributed by atoms with van der Waals surface area (Å²) in [6.07, 6.45) is 0.397. The number of non-ortho nitro benzene ring substituents is 1. The fraction of sp³-hybridized carbons (Fsp3) is 0.333. The molecule has 0 saturated carbocycles. The summed E-state index contributed by atoms with van der Waals surface area (Å²) in [5, 5.41) is 14.8. The number of fused-ring (bicyclic) bond motifs is 1. The number of carbonyl (C=O) groups excluding carboxylic acids is 3. The Labute approximate surface area is 210 Å². The van der Waals surface area contributed by atoms with Crippen LogP contribution in [0, 0.1) is 10.1 Å². The summed E-state index contributed by atoms with van der Waals surface area (Å²) in [4.78, 5) is 57.4. The highest BCUT2D eigenvalue weighted by Crippen LogP contribution is 2.31. The van der Waals surface area contributed by atoms with Crippen LogP contribution in [0.4, 0.5) is 16.5 Å². The molecule has 12 heteroatoms. The number of benzene rings is 2. The molecule has 3 heterocycles. The average molecular weight is 509 g/mol. The van der Waals surface area contributed by atoms with Crippen molar-refractivity contribution < 1.29 is 19.3 Å².